The second kappa shape index (κ2) is 3.79. The van der Waals surface area contributed by atoms with Gasteiger partial charge < -0.3 is 10.0 Å². The average molecular weight is 195 g/mol. The van der Waals surface area contributed by atoms with Gasteiger partial charge in [-0.15, -0.1) is 0 Å². The van der Waals surface area contributed by atoms with Crippen LogP contribution >= 0.6 is 0 Å². The molecule has 1 saturated heterocycles. The average Bonchev–Trinajstić information content (AvgIpc) is 2.75. The maximum Gasteiger partial charge on any atom is 0.228 e. The van der Waals surface area contributed by atoms with E-state index in [2.05, 4.69) is 10.2 Å². The Hall–Kier alpha value is -1.36. The lowest BCUT2D eigenvalue weighted by molar-refractivity contribution is -0.129. The molecule has 0 aliphatic carbocycles. The van der Waals surface area contributed by atoms with E-state index in [0.717, 1.165) is 5.69 Å². The van der Waals surface area contributed by atoms with E-state index in [0.29, 0.717) is 25.9 Å². The van der Waals surface area contributed by atoms with E-state index in [4.69, 9.17) is 0 Å². The number of nitrogens with one attached hydrogen (secondary N) is 1. The summed E-state index contributed by atoms with van der Waals surface area (Å²) in [6.45, 7) is 1.13. The molecule has 0 bridgehead atoms. The number of likely N-dealkylation sites (tertiary alicyclic amines) is 1. The van der Waals surface area contributed by atoms with Crippen molar-refractivity contribution in [1.82, 2.24) is 15.1 Å². The zero-order valence-corrected chi connectivity index (χ0v) is 7.81. The van der Waals surface area contributed by atoms with Gasteiger partial charge in [0.05, 0.1) is 12.5 Å². The van der Waals surface area contributed by atoms with Crippen LogP contribution in [0.15, 0.2) is 12.3 Å². The Morgan fingerprint density at radius 3 is 3.21 bits per heavy atom. The van der Waals surface area contributed by atoms with Crippen LogP contribution in [0, 0.1) is 0 Å². The molecule has 1 fully saturated rings. The fourth-order valence-electron chi connectivity index (χ4n) is 1.63. The first-order valence-corrected chi connectivity index (χ1v) is 4.70. The quantitative estimate of drug-likeness (QED) is 0.671. The van der Waals surface area contributed by atoms with Gasteiger partial charge in [0.2, 0.25) is 5.91 Å². The molecular weight excluding hydrogens is 182 g/mol. The molecule has 1 atom stereocenters. The zero-order valence-electron chi connectivity index (χ0n) is 7.81. The van der Waals surface area contributed by atoms with Crippen LogP contribution in [0.5, 0.6) is 0 Å². The first kappa shape index (κ1) is 9.21. The number of aliphatic hydroxyl groups excluding tert-OH is 1. The SMILES string of the molecule is O=C(Cc1ccn[nH]1)N1CC[C@@H](O)C1. The standard InChI is InChI=1S/C9H13N3O2/c13-8-2-4-12(6-8)9(14)5-7-1-3-10-11-7/h1,3,8,13H,2,4-6H2,(H,10,11)/t8-/m1/s1. The summed E-state index contributed by atoms with van der Waals surface area (Å²) in [5.74, 6) is 0.0470. The van der Waals surface area contributed by atoms with Gasteiger partial charge in [0.25, 0.3) is 0 Å². The first-order chi connectivity index (χ1) is 6.75. The van der Waals surface area contributed by atoms with Gasteiger partial charge in [-0.2, -0.15) is 5.10 Å². The molecule has 1 aliphatic rings. The molecule has 2 N–H and O–H groups in total. The highest BCUT2D eigenvalue weighted by atomic mass is 16.3. The Kier molecular flexibility index (Phi) is 2.49. The highest BCUT2D eigenvalue weighted by molar-refractivity contribution is 5.78. The van der Waals surface area contributed by atoms with E-state index in [1.807, 2.05) is 0 Å². The van der Waals surface area contributed by atoms with Crippen molar-refractivity contribution in [1.29, 1.82) is 0 Å². The summed E-state index contributed by atoms with van der Waals surface area (Å²) in [4.78, 5) is 13.3. The van der Waals surface area contributed by atoms with Crippen molar-refractivity contribution in [2.75, 3.05) is 13.1 Å². The van der Waals surface area contributed by atoms with Gasteiger partial charge >= 0.3 is 0 Å². The van der Waals surface area contributed by atoms with E-state index in [1.54, 1.807) is 17.2 Å². The van der Waals surface area contributed by atoms with Crippen molar-refractivity contribution in [2.45, 2.75) is 18.9 Å². The van der Waals surface area contributed by atoms with Crippen LogP contribution in [0.4, 0.5) is 0 Å². The van der Waals surface area contributed by atoms with Gasteiger partial charge in [-0.05, 0) is 12.5 Å². The van der Waals surface area contributed by atoms with E-state index in [-0.39, 0.29) is 12.0 Å². The third kappa shape index (κ3) is 1.93. The van der Waals surface area contributed by atoms with Gasteiger partial charge in [0, 0.05) is 25.0 Å². The van der Waals surface area contributed by atoms with Crippen LogP contribution in [-0.4, -0.2) is 45.3 Å². The van der Waals surface area contributed by atoms with Crippen LogP contribution < -0.4 is 0 Å². The molecule has 5 heteroatoms. The molecule has 1 aromatic rings. The number of amides is 1. The maximum atomic E-state index is 11.6. The number of rotatable bonds is 2. The molecule has 76 valence electrons. The molecule has 1 aromatic heterocycles. The van der Waals surface area contributed by atoms with Gasteiger partial charge in [-0.3, -0.25) is 9.89 Å². The van der Waals surface area contributed by atoms with Crippen molar-refractivity contribution in [3.8, 4) is 0 Å². The number of carbonyl (C=O) groups is 1. The maximum absolute atomic E-state index is 11.6. The van der Waals surface area contributed by atoms with Gasteiger partial charge in [-0.1, -0.05) is 0 Å². The van der Waals surface area contributed by atoms with Crippen LogP contribution in [0.25, 0.3) is 0 Å². The monoisotopic (exact) mass is 195 g/mol. The fourth-order valence-corrected chi connectivity index (χ4v) is 1.63. The van der Waals surface area contributed by atoms with Crippen molar-refractivity contribution < 1.29 is 9.90 Å². The van der Waals surface area contributed by atoms with E-state index >= 15 is 0 Å². The molecule has 2 heterocycles. The predicted octanol–water partition coefficient (Wildman–Crippen LogP) is -0.455. The number of hydrogen-bond donors (Lipinski definition) is 2. The van der Waals surface area contributed by atoms with Gasteiger partial charge in [-0.25, -0.2) is 0 Å². The molecule has 0 spiro atoms. The smallest absolute Gasteiger partial charge is 0.228 e. The minimum absolute atomic E-state index is 0.0470. The number of nitrogens with zero attached hydrogens (tertiary/aromatic N) is 2. The molecule has 14 heavy (non-hydrogen) atoms. The Balaban J connectivity index is 1.90. The molecule has 2 rings (SSSR count). The Morgan fingerprint density at radius 1 is 1.79 bits per heavy atom. The molecule has 0 unspecified atom stereocenters. The number of aromatic nitrogens is 2. The predicted molar refractivity (Wildman–Crippen MR) is 49.5 cm³/mol. The van der Waals surface area contributed by atoms with Crippen LogP contribution in [0.3, 0.4) is 0 Å². The van der Waals surface area contributed by atoms with E-state index in [9.17, 15) is 9.90 Å². The molecule has 0 aromatic carbocycles. The van der Waals surface area contributed by atoms with Gasteiger partial charge in [0.15, 0.2) is 0 Å². The lowest BCUT2D eigenvalue weighted by atomic mass is 10.3. The zero-order chi connectivity index (χ0) is 9.97. The Morgan fingerprint density at radius 2 is 2.64 bits per heavy atom. The third-order valence-electron chi connectivity index (χ3n) is 2.42. The summed E-state index contributed by atoms with van der Waals surface area (Å²) < 4.78 is 0. The topological polar surface area (TPSA) is 69.2 Å². The first-order valence-electron chi connectivity index (χ1n) is 4.70. The highest BCUT2D eigenvalue weighted by Crippen LogP contribution is 2.10. The Bertz CT molecular complexity index is 310. The third-order valence-corrected chi connectivity index (χ3v) is 2.42. The number of hydrogen-bond acceptors (Lipinski definition) is 3. The molecule has 1 aliphatic heterocycles. The fraction of sp³-hybridized carbons (Fsp3) is 0.556. The van der Waals surface area contributed by atoms with Crippen LogP contribution in [-0.2, 0) is 11.2 Å². The van der Waals surface area contributed by atoms with Crippen molar-refractivity contribution in [3.05, 3.63) is 18.0 Å². The summed E-state index contributed by atoms with van der Waals surface area (Å²) in [5, 5.41) is 15.8. The molecular formula is C9H13N3O2. The van der Waals surface area contributed by atoms with E-state index in [1.165, 1.54) is 0 Å². The van der Waals surface area contributed by atoms with Crippen molar-refractivity contribution in [3.63, 3.8) is 0 Å². The normalized spacial score (nSPS) is 21.5. The molecule has 1 amide bonds. The number of carbonyl (C=O) groups excluding carboxylic acids is 1. The largest absolute Gasteiger partial charge is 0.391 e. The summed E-state index contributed by atoms with van der Waals surface area (Å²) in [6.07, 6.45) is 2.31. The molecule has 0 saturated carbocycles. The minimum Gasteiger partial charge on any atom is -0.391 e. The van der Waals surface area contributed by atoms with Crippen molar-refractivity contribution >= 4 is 5.91 Å². The lowest BCUT2D eigenvalue weighted by Crippen LogP contribution is -2.30. The summed E-state index contributed by atoms with van der Waals surface area (Å²) in [5.41, 5.74) is 0.816. The number of β-amino-alcohol motifs (C(OH)–C–C–N with tert-alkyl or cyclic N) is 1. The molecule has 5 nitrogen and oxygen atoms in total. The second-order valence-electron chi connectivity index (χ2n) is 3.54. The number of aromatic amines is 1. The number of H-pyrrole nitrogens is 1. The van der Waals surface area contributed by atoms with Crippen molar-refractivity contribution in [2.24, 2.45) is 0 Å². The second-order valence-corrected chi connectivity index (χ2v) is 3.54. The van der Waals surface area contributed by atoms with Crippen LogP contribution in [0.2, 0.25) is 0 Å². The van der Waals surface area contributed by atoms with Crippen LogP contribution in [0.1, 0.15) is 12.1 Å². The summed E-state index contributed by atoms with van der Waals surface area (Å²) in [6, 6.07) is 1.78. The highest BCUT2D eigenvalue weighted by Gasteiger charge is 2.24. The summed E-state index contributed by atoms with van der Waals surface area (Å²) in [7, 11) is 0. The number of aliphatic hydroxyl groups is 1. The molecule has 0 radical (unpaired) electrons. The summed E-state index contributed by atoms with van der Waals surface area (Å²) >= 11 is 0. The minimum atomic E-state index is -0.347. The Labute approximate surface area is 81.7 Å². The lowest BCUT2D eigenvalue weighted by Gasteiger charge is -2.14. The van der Waals surface area contributed by atoms with Gasteiger partial charge in [0.1, 0.15) is 0 Å². The van der Waals surface area contributed by atoms with E-state index < -0.39 is 0 Å².